The number of nitrogens with one attached hydrogen (secondary N) is 1. The molecule has 0 atom stereocenters. The minimum Gasteiger partial charge on any atom is -0.382 e. The summed E-state index contributed by atoms with van der Waals surface area (Å²) >= 11 is 0. The van der Waals surface area contributed by atoms with Crippen LogP contribution in [0.1, 0.15) is 6.42 Å². The van der Waals surface area contributed by atoms with E-state index in [9.17, 15) is 4.79 Å². The lowest BCUT2D eigenvalue weighted by molar-refractivity contribution is -0.114. The van der Waals surface area contributed by atoms with Crippen LogP contribution >= 0.6 is 0 Å². The summed E-state index contributed by atoms with van der Waals surface area (Å²) in [6.45, 7) is 0. The fourth-order valence-corrected chi connectivity index (χ4v) is 1.06. The Morgan fingerprint density at radius 3 is 3.36 bits per heavy atom. The van der Waals surface area contributed by atoms with Crippen LogP contribution in [0.3, 0.4) is 0 Å². The van der Waals surface area contributed by atoms with Crippen LogP contribution in [0.4, 0.5) is 0 Å². The van der Waals surface area contributed by atoms with Gasteiger partial charge in [-0.3, -0.25) is 4.79 Å². The van der Waals surface area contributed by atoms with Crippen LogP contribution in [0.15, 0.2) is 35.8 Å². The van der Waals surface area contributed by atoms with Crippen molar-refractivity contribution in [1.29, 1.82) is 0 Å². The molecule has 1 aliphatic carbocycles. The number of ketones is 1. The quantitative estimate of drug-likeness (QED) is 0.554. The third-order valence-electron chi connectivity index (χ3n) is 1.60. The molecule has 1 aliphatic heterocycles. The number of carbonyl (C=O) groups is 1. The lowest BCUT2D eigenvalue weighted by atomic mass is 10.0. The van der Waals surface area contributed by atoms with E-state index in [-0.39, 0.29) is 5.78 Å². The van der Waals surface area contributed by atoms with Gasteiger partial charge in [0.05, 0.1) is 0 Å². The average Bonchev–Trinajstić information content (AvgIpc) is 2.04. The van der Waals surface area contributed by atoms with Crippen molar-refractivity contribution in [2.24, 2.45) is 0 Å². The molecule has 1 heterocycles. The Morgan fingerprint density at radius 2 is 2.45 bits per heavy atom. The second-order valence-electron chi connectivity index (χ2n) is 2.39. The third kappa shape index (κ3) is 1.05. The molecule has 0 radical (unpaired) electrons. The SMILES string of the molecule is O=C1C=C2ONC=CC2=CC1. The minimum absolute atomic E-state index is 0.0841. The lowest BCUT2D eigenvalue weighted by Gasteiger charge is -2.16. The molecule has 2 aliphatic rings. The number of rotatable bonds is 0. The van der Waals surface area contributed by atoms with E-state index in [2.05, 4.69) is 5.48 Å². The van der Waals surface area contributed by atoms with Crippen LogP contribution in [-0.2, 0) is 9.63 Å². The zero-order valence-electron chi connectivity index (χ0n) is 5.83. The summed E-state index contributed by atoms with van der Waals surface area (Å²) in [4.78, 5) is 15.9. The predicted molar refractivity (Wildman–Crippen MR) is 39.2 cm³/mol. The third-order valence-corrected chi connectivity index (χ3v) is 1.60. The molecule has 0 aromatic carbocycles. The Bertz CT molecular complexity index is 286. The molecular weight excluding hydrogens is 142 g/mol. The summed E-state index contributed by atoms with van der Waals surface area (Å²) in [5.41, 5.74) is 3.54. The number of fused-ring (bicyclic) bond motifs is 1. The standard InChI is InChI=1S/C8H7NO2/c10-7-2-1-6-3-4-9-11-8(6)5-7/h1,3-5,9H,2H2. The normalized spacial score (nSPS) is 20.9. The van der Waals surface area contributed by atoms with Gasteiger partial charge in [0.25, 0.3) is 0 Å². The topological polar surface area (TPSA) is 38.3 Å². The van der Waals surface area contributed by atoms with E-state index in [0.717, 1.165) is 5.57 Å². The molecule has 2 rings (SSSR count). The Balaban J connectivity index is 2.37. The van der Waals surface area contributed by atoms with Gasteiger partial charge in [-0.15, -0.1) is 0 Å². The van der Waals surface area contributed by atoms with E-state index in [4.69, 9.17) is 4.84 Å². The van der Waals surface area contributed by atoms with Crippen molar-refractivity contribution < 1.29 is 9.63 Å². The van der Waals surface area contributed by atoms with Crippen LogP contribution < -0.4 is 5.48 Å². The molecule has 3 nitrogen and oxygen atoms in total. The van der Waals surface area contributed by atoms with Crippen molar-refractivity contribution in [2.45, 2.75) is 6.42 Å². The van der Waals surface area contributed by atoms with Crippen molar-refractivity contribution in [3.63, 3.8) is 0 Å². The molecule has 0 fully saturated rings. The summed E-state index contributed by atoms with van der Waals surface area (Å²) in [6.07, 6.45) is 7.41. The summed E-state index contributed by atoms with van der Waals surface area (Å²) in [7, 11) is 0. The fourth-order valence-electron chi connectivity index (χ4n) is 1.06. The molecule has 0 saturated heterocycles. The number of hydrogen-bond acceptors (Lipinski definition) is 3. The zero-order valence-corrected chi connectivity index (χ0v) is 5.83. The van der Waals surface area contributed by atoms with Gasteiger partial charge in [0.1, 0.15) is 0 Å². The summed E-state index contributed by atoms with van der Waals surface area (Å²) < 4.78 is 0. The number of allylic oxidation sites excluding steroid dienone is 3. The van der Waals surface area contributed by atoms with Crippen LogP contribution in [0.2, 0.25) is 0 Å². The van der Waals surface area contributed by atoms with Crippen molar-refractivity contribution >= 4 is 5.78 Å². The maximum atomic E-state index is 10.9. The molecule has 0 saturated carbocycles. The zero-order chi connectivity index (χ0) is 7.68. The summed E-state index contributed by atoms with van der Waals surface area (Å²) in [5, 5.41) is 0. The fraction of sp³-hybridized carbons (Fsp3) is 0.125. The first-order valence-corrected chi connectivity index (χ1v) is 3.40. The highest BCUT2D eigenvalue weighted by Gasteiger charge is 2.14. The first-order valence-electron chi connectivity index (χ1n) is 3.40. The van der Waals surface area contributed by atoms with Crippen LogP contribution in [0, 0.1) is 0 Å². The minimum atomic E-state index is 0.0841. The highest BCUT2D eigenvalue weighted by atomic mass is 16.6. The van der Waals surface area contributed by atoms with Gasteiger partial charge in [0, 0.05) is 24.3 Å². The maximum absolute atomic E-state index is 10.9. The monoisotopic (exact) mass is 149 g/mol. The highest BCUT2D eigenvalue weighted by Crippen LogP contribution is 2.20. The Kier molecular flexibility index (Phi) is 1.28. The van der Waals surface area contributed by atoms with Crippen LogP contribution in [0.5, 0.6) is 0 Å². The van der Waals surface area contributed by atoms with Gasteiger partial charge in [-0.1, -0.05) is 6.08 Å². The maximum Gasteiger partial charge on any atom is 0.165 e. The predicted octanol–water partition coefficient (Wildman–Crippen LogP) is 0.818. The van der Waals surface area contributed by atoms with Crippen molar-refractivity contribution in [3.05, 3.63) is 35.8 Å². The number of hydrogen-bond donors (Lipinski definition) is 1. The van der Waals surface area contributed by atoms with Crippen LogP contribution in [0.25, 0.3) is 0 Å². The molecule has 3 heteroatoms. The van der Waals surface area contributed by atoms with E-state index in [1.165, 1.54) is 6.08 Å². The molecule has 11 heavy (non-hydrogen) atoms. The van der Waals surface area contributed by atoms with E-state index >= 15 is 0 Å². The molecule has 0 aromatic rings. The van der Waals surface area contributed by atoms with E-state index < -0.39 is 0 Å². The second kappa shape index (κ2) is 2.27. The summed E-state index contributed by atoms with van der Waals surface area (Å²) in [6, 6.07) is 0. The van der Waals surface area contributed by atoms with Gasteiger partial charge in [-0.25, -0.2) is 5.48 Å². The van der Waals surface area contributed by atoms with Gasteiger partial charge in [0.15, 0.2) is 11.5 Å². The van der Waals surface area contributed by atoms with Crippen LogP contribution in [-0.4, -0.2) is 5.78 Å². The Morgan fingerprint density at radius 1 is 1.55 bits per heavy atom. The largest absolute Gasteiger partial charge is 0.382 e. The summed E-state index contributed by atoms with van der Waals surface area (Å²) in [5.74, 6) is 0.699. The molecule has 0 unspecified atom stereocenters. The molecule has 0 bridgehead atoms. The molecular formula is C8H7NO2. The van der Waals surface area contributed by atoms with Crippen molar-refractivity contribution in [3.8, 4) is 0 Å². The molecule has 56 valence electrons. The van der Waals surface area contributed by atoms with E-state index in [1.54, 1.807) is 6.20 Å². The lowest BCUT2D eigenvalue weighted by Crippen LogP contribution is -2.15. The van der Waals surface area contributed by atoms with Gasteiger partial charge in [0.2, 0.25) is 0 Å². The van der Waals surface area contributed by atoms with E-state index in [1.807, 2.05) is 12.2 Å². The van der Waals surface area contributed by atoms with Gasteiger partial charge in [-0.2, -0.15) is 0 Å². The Labute approximate surface area is 64.0 Å². The molecule has 0 spiro atoms. The van der Waals surface area contributed by atoms with Gasteiger partial charge >= 0.3 is 0 Å². The molecule has 0 aromatic heterocycles. The number of carbonyl (C=O) groups excluding carboxylic acids is 1. The van der Waals surface area contributed by atoms with Crippen molar-refractivity contribution in [2.75, 3.05) is 0 Å². The van der Waals surface area contributed by atoms with E-state index in [0.29, 0.717) is 12.2 Å². The first-order chi connectivity index (χ1) is 5.36. The van der Waals surface area contributed by atoms with Gasteiger partial charge < -0.3 is 4.84 Å². The Hall–Kier alpha value is -1.51. The molecule has 1 N–H and O–H groups in total. The van der Waals surface area contributed by atoms with Crippen molar-refractivity contribution in [1.82, 2.24) is 5.48 Å². The first kappa shape index (κ1) is 6.22. The molecule has 0 amide bonds. The highest BCUT2D eigenvalue weighted by molar-refractivity contribution is 5.93. The number of hydroxylamine groups is 1. The smallest absolute Gasteiger partial charge is 0.165 e. The average molecular weight is 149 g/mol. The second-order valence-corrected chi connectivity index (χ2v) is 2.39. The van der Waals surface area contributed by atoms with Gasteiger partial charge in [-0.05, 0) is 6.08 Å².